The van der Waals surface area contributed by atoms with Gasteiger partial charge in [-0.25, -0.2) is 9.97 Å². The van der Waals surface area contributed by atoms with E-state index >= 15 is 0 Å². The molecule has 0 unspecified atom stereocenters. The predicted molar refractivity (Wildman–Crippen MR) is 114 cm³/mol. The van der Waals surface area contributed by atoms with Crippen LogP contribution >= 0.6 is 0 Å². The number of pyridine rings is 1. The van der Waals surface area contributed by atoms with E-state index in [9.17, 15) is 9.59 Å². The number of aromatic nitrogens is 3. The van der Waals surface area contributed by atoms with E-state index in [1.165, 1.54) is 0 Å². The third-order valence-corrected chi connectivity index (χ3v) is 6.04. The van der Waals surface area contributed by atoms with E-state index in [0.29, 0.717) is 31.9 Å². The zero-order valence-electron chi connectivity index (χ0n) is 17.5. The number of amides is 2. The van der Waals surface area contributed by atoms with Crippen molar-refractivity contribution in [1.82, 2.24) is 24.8 Å². The molecule has 0 radical (unpaired) electrons. The summed E-state index contributed by atoms with van der Waals surface area (Å²) < 4.78 is 0. The Bertz CT molecular complexity index is 919. The van der Waals surface area contributed by atoms with Crippen molar-refractivity contribution in [2.75, 3.05) is 38.5 Å². The Hall–Kier alpha value is -3.03. The van der Waals surface area contributed by atoms with Crippen LogP contribution in [0.2, 0.25) is 0 Å². The highest BCUT2D eigenvalue weighted by Crippen LogP contribution is 2.30. The van der Waals surface area contributed by atoms with Crippen molar-refractivity contribution < 1.29 is 9.59 Å². The minimum absolute atomic E-state index is 0.0841. The third kappa shape index (κ3) is 4.13. The molecule has 8 heteroatoms. The zero-order valence-corrected chi connectivity index (χ0v) is 17.5. The average molecular weight is 409 g/mol. The summed E-state index contributed by atoms with van der Waals surface area (Å²) in [6.07, 6.45) is 5.70. The molecule has 1 N–H and O–H groups in total. The lowest BCUT2D eigenvalue weighted by Crippen LogP contribution is -2.43. The first-order valence-corrected chi connectivity index (χ1v) is 10.6. The number of hydrogen-bond acceptors (Lipinski definition) is 6. The van der Waals surface area contributed by atoms with Crippen molar-refractivity contribution in [3.05, 3.63) is 36.3 Å². The van der Waals surface area contributed by atoms with Gasteiger partial charge in [0.25, 0.3) is 0 Å². The largest absolute Gasteiger partial charge is 0.373 e. The Labute approximate surface area is 176 Å². The minimum atomic E-state index is -0.221. The van der Waals surface area contributed by atoms with Gasteiger partial charge in [0.05, 0.1) is 11.6 Å². The molecule has 2 saturated heterocycles. The molecule has 0 aromatic carbocycles. The Morgan fingerprint density at radius 2 is 2.03 bits per heavy atom. The van der Waals surface area contributed by atoms with Crippen LogP contribution < -0.4 is 5.32 Å². The molecule has 4 rings (SSSR count). The lowest BCUT2D eigenvalue weighted by molar-refractivity contribution is -0.137. The van der Waals surface area contributed by atoms with Gasteiger partial charge >= 0.3 is 0 Å². The van der Waals surface area contributed by atoms with E-state index in [4.69, 9.17) is 4.98 Å². The molecule has 30 heavy (non-hydrogen) atoms. The predicted octanol–water partition coefficient (Wildman–Crippen LogP) is 2.15. The summed E-state index contributed by atoms with van der Waals surface area (Å²) in [6, 6.07) is 5.76. The van der Waals surface area contributed by atoms with Gasteiger partial charge < -0.3 is 15.1 Å². The Balaban J connectivity index is 1.53. The van der Waals surface area contributed by atoms with E-state index in [-0.39, 0.29) is 23.7 Å². The molecule has 2 aromatic heterocycles. The topological polar surface area (TPSA) is 91.3 Å². The van der Waals surface area contributed by atoms with Gasteiger partial charge in [-0.2, -0.15) is 0 Å². The van der Waals surface area contributed by atoms with Gasteiger partial charge in [-0.05, 0) is 31.9 Å². The van der Waals surface area contributed by atoms with Crippen LogP contribution in [0.4, 0.5) is 5.82 Å². The van der Waals surface area contributed by atoms with Crippen LogP contribution in [-0.4, -0.2) is 69.8 Å². The average Bonchev–Trinajstić information content (AvgIpc) is 3.19. The van der Waals surface area contributed by atoms with Crippen molar-refractivity contribution in [2.45, 2.75) is 32.1 Å². The van der Waals surface area contributed by atoms with Crippen LogP contribution in [0.25, 0.3) is 11.4 Å². The van der Waals surface area contributed by atoms with Crippen LogP contribution in [0.15, 0.2) is 30.6 Å². The van der Waals surface area contributed by atoms with Gasteiger partial charge in [0.15, 0.2) is 5.82 Å². The fourth-order valence-corrected chi connectivity index (χ4v) is 4.35. The van der Waals surface area contributed by atoms with E-state index in [1.807, 2.05) is 37.1 Å². The first-order chi connectivity index (χ1) is 14.6. The number of hydrogen-bond donors (Lipinski definition) is 1. The first kappa shape index (κ1) is 20.3. The molecule has 2 aromatic rings. The molecule has 0 spiro atoms. The number of carbonyl (C=O) groups excluding carboxylic acids is 2. The number of likely N-dealkylation sites (tertiary alicyclic amines) is 2. The van der Waals surface area contributed by atoms with E-state index in [2.05, 4.69) is 15.3 Å². The van der Waals surface area contributed by atoms with Crippen molar-refractivity contribution in [3.63, 3.8) is 0 Å². The summed E-state index contributed by atoms with van der Waals surface area (Å²) in [6.45, 7) is 4.53. The molecule has 0 saturated carbocycles. The summed E-state index contributed by atoms with van der Waals surface area (Å²) in [5.74, 6) is 1.53. The van der Waals surface area contributed by atoms with Crippen LogP contribution in [0.5, 0.6) is 0 Å². The van der Waals surface area contributed by atoms with E-state index in [0.717, 1.165) is 36.5 Å². The van der Waals surface area contributed by atoms with Gasteiger partial charge in [-0.3, -0.25) is 14.6 Å². The summed E-state index contributed by atoms with van der Waals surface area (Å²) >= 11 is 0. The fraction of sp³-hybridized carbons (Fsp3) is 0.500. The molecular formula is C22H28N6O2. The van der Waals surface area contributed by atoms with Crippen molar-refractivity contribution in [2.24, 2.45) is 5.92 Å². The molecule has 2 amide bonds. The Morgan fingerprint density at radius 1 is 1.23 bits per heavy atom. The second-order valence-corrected chi connectivity index (χ2v) is 7.94. The molecular weight excluding hydrogens is 380 g/mol. The molecule has 2 aliphatic rings. The fourth-order valence-electron chi connectivity index (χ4n) is 4.35. The van der Waals surface area contributed by atoms with Gasteiger partial charge in [-0.15, -0.1) is 0 Å². The summed E-state index contributed by atoms with van der Waals surface area (Å²) in [5, 5.41) is 3.12. The molecule has 8 nitrogen and oxygen atoms in total. The number of rotatable bonds is 5. The first-order valence-electron chi connectivity index (χ1n) is 10.6. The quantitative estimate of drug-likeness (QED) is 0.815. The maximum Gasteiger partial charge on any atom is 0.228 e. The normalized spacial score (nSPS) is 21.7. The van der Waals surface area contributed by atoms with Crippen LogP contribution in [0.1, 0.15) is 37.8 Å². The molecule has 2 aliphatic heterocycles. The number of nitrogens with zero attached hydrogens (tertiary/aromatic N) is 5. The summed E-state index contributed by atoms with van der Waals surface area (Å²) in [7, 11) is 1.84. The number of anilines is 1. The summed E-state index contributed by atoms with van der Waals surface area (Å²) in [5.41, 5.74) is 1.85. The van der Waals surface area contributed by atoms with Gasteiger partial charge in [0.2, 0.25) is 11.8 Å². The van der Waals surface area contributed by atoms with Gasteiger partial charge in [-0.1, -0.05) is 0 Å². The second-order valence-electron chi connectivity index (χ2n) is 7.94. The highest BCUT2D eigenvalue weighted by molar-refractivity contribution is 5.89. The van der Waals surface area contributed by atoms with Crippen molar-refractivity contribution >= 4 is 17.6 Å². The Kier molecular flexibility index (Phi) is 5.92. The second kappa shape index (κ2) is 8.77. The standard InChI is InChI=1S/C22H28N6O2/c1-3-27-14-17(11-20(27)29)22(30)28-10-4-5-16(13-28)18-12-19(23-2)26-21(25-18)15-6-8-24-9-7-15/h6-9,12,16-17H,3-5,10-11,13-14H2,1-2H3,(H,23,25,26)/t16-,17-/m0/s1. The Morgan fingerprint density at radius 3 is 2.73 bits per heavy atom. The molecule has 0 bridgehead atoms. The lowest BCUT2D eigenvalue weighted by atomic mass is 9.93. The van der Waals surface area contributed by atoms with Gasteiger partial charge in [0.1, 0.15) is 5.82 Å². The molecule has 4 heterocycles. The zero-order chi connectivity index (χ0) is 21.1. The maximum atomic E-state index is 13.1. The van der Waals surface area contributed by atoms with E-state index < -0.39 is 0 Å². The van der Waals surface area contributed by atoms with E-state index in [1.54, 1.807) is 17.3 Å². The van der Waals surface area contributed by atoms with Crippen LogP contribution in [0, 0.1) is 5.92 Å². The number of piperidine rings is 1. The molecule has 0 aliphatic carbocycles. The molecule has 2 fully saturated rings. The van der Waals surface area contributed by atoms with Crippen molar-refractivity contribution in [1.29, 1.82) is 0 Å². The smallest absolute Gasteiger partial charge is 0.228 e. The number of carbonyl (C=O) groups is 2. The highest BCUT2D eigenvalue weighted by atomic mass is 16.2. The lowest BCUT2D eigenvalue weighted by Gasteiger charge is -2.34. The summed E-state index contributed by atoms with van der Waals surface area (Å²) in [4.78, 5) is 42.3. The molecule has 2 atom stereocenters. The SMILES string of the molecule is CCN1C[C@@H](C(=O)N2CCC[C@H](c3cc(NC)nc(-c4ccncc4)n3)C2)CC1=O. The maximum absolute atomic E-state index is 13.1. The highest BCUT2D eigenvalue weighted by Gasteiger charge is 2.37. The monoisotopic (exact) mass is 408 g/mol. The van der Waals surface area contributed by atoms with Gasteiger partial charge in [0, 0.05) is 69.6 Å². The molecule has 158 valence electrons. The van der Waals surface area contributed by atoms with Crippen molar-refractivity contribution in [3.8, 4) is 11.4 Å². The number of nitrogens with one attached hydrogen (secondary N) is 1. The van der Waals surface area contributed by atoms with Crippen LogP contribution in [0.3, 0.4) is 0 Å². The third-order valence-electron chi connectivity index (χ3n) is 6.04. The minimum Gasteiger partial charge on any atom is -0.373 e. The van der Waals surface area contributed by atoms with Crippen LogP contribution in [-0.2, 0) is 9.59 Å².